The average molecular weight is 337 g/mol. The summed E-state index contributed by atoms with van der Waals surface area (Å²) in [6.45, 7) is 20.1. The summed E-state index contributed by atoms with van der Waals surface area (Å²) in [5, 5.41) is 8.24. The fraction of sp³-hybridized carbons (Fsp3) is 0.889. The van der Waals surface area contributed by atoms with Crippen LogP contribution in [-0.4, -0.2) is 80.8 Å². The van der Waals surface area contributed by atoms with Crippen molar-refractivity contribution < 1.29 is 0 Å². The molecule has 3 heterocycles. The van der Waals surface area contributed by atoms with Crippen LogP contribution in [0.2, 0.25) is 0 Å². The van der Waals surface area contributed by atoms with Crippen LogP contribution in [0.1, 0.15) is 46.3 Å². The van der Waals surface area contributed by atoms with Crippen LogP contribution < -0.4 is 0 Å². The molecule has 6 nitrogen and oxygen atoms in total. The topological polar surface area (TPSA) is 40.4 Å². The Balaban J connectivity index is 0.000000177. The van der Waals surface area contributed by atoms with E-state index in [9.17, 15) is 0 Å². The summed E-state index contributed by atoms with van der Waals surface area (Å²) >= 11 is 0. The molecule has 2 aliphatic rings. The number of likely N-dealkylation sites (N-methyl/N-ethyl adjacent to an activating group) is 1. The van der Waals surface area contributed by atoms with E-state index in [0.29, 0.717) is 12.1 Å². The maximum atomic E-state index is 4.16. The van der Waals surface area contributed by atoms with Crippen LogP contribution in [0, 0.1) is 6.92 Å². The highest BCUT2D eigenvalue weighted by Gasteiger charge is 2.23. The van der Waals surface area contributed by atoms with E-state index in [2.05, 4.69) is 71.1 Å². The minimum atomic E-state index is 0.603. The van der Waals surface area contributed by atoms with Crippen LogP contribution in [-0.2, 0) is 13.1 Å². The molecule has 0 aliphatic carbocycles. The molecule has 2 aliphatic heterocycles. The van der Waals surface area contributed by atoms with Crippen molar-refractivity contribution in [3.05, 3.63) is 11.6 Å². The second-order valence-corrected chi connectivity index (χ2v) is 7.82. The molecule has 1 saturated heterocycles. The van der Waals surface area contributed by atoms with Gasteiger partial charge in [-0.3, -0.25) is 9.80 Å². The van der Waals surface area contributed by atoms with Gasteiger partial charge in [0.2, 0.25) is 0 Å². The van der Waals surface area contributed by atoms with E-state index < -0.39 is 0 Å². The van der Waals surface area contributed by atoms with Gasteiger partial charge in [0.1, 0.15) is 11.6 Å². The van der Waals surface area contributed by atoms with Gasteiger partial charge in [-0.05, 0) is 48.6 Å². The molecule has 138 valence electrons. The number of fused-ring (bicyclic) bond motifs is 1. The first-order valence-electron chi connectivity index (χ1n) is 9.36. The zero-order valence-electron chi connectivity index (χ0n) is 16.7. The third-order valence-electron chi connectivity index (χ3n) is 5.24. The predicted octanol–water partition coefficient (Wildman–Crippen LogP) is 1.84. The van der Waals surface area contributed by atoms with Gasteiger partial charge < -0.3 is 9.47 Å². The summed E-state index contributed by atoms with van der Waals surface area (Å²) in [7, 11) is 2.20. The van der Waals surface area contributed by atoms with Crippen LogP contribution in [0.25, 0.3) is 0 Å². The first kappa shape index (κ1) is 19.3. The standard InChI is InChI=1S/C9H16N4.C9H20N2/c1-7(2)12-4-5-13-8(3)10-11-9(13)6-12;1-8(2)11-6-5-10(4)7-9(11)3/h7H,4-6H2,1-3H3;8-9H,5-7H2,1-4H3. The summed E-state index contributed by atoms with van der Waals surface area (Å²) in [4.78, 5) is 7.40. The van der Waals surface area contributed by atoms with Gasteiger partial charge in [0.05, 0.1) is 6.54 Å². The second-order valence-electron chi connectivity index (χ2n) is 7.82. The Morgan fingerprint density at radius 3 is 2.25 bits per heavy atom. The monoisotopic (exact) mass is 336 g/mol. The predicted molar refractivity (Wildman–Crippen MR) is 99.1 cm³/mol. The fourth-order valence-corrected chi connectivity index (χ4v) is 3.68. The Morgan fingerprint density at radius 2 is 1.67 bits per heavy atom. The Morgan fingerprint density at radius 1 is 0.958 bits per heavy atom. The fourth-order valence-electron chi connectivity index (χ4n) is 3.68. The van der Waals surface area contributed by atoms with E-state index in [1.165, 1.54) is 19.6 Å². The highest BCUT2D eigenvalue weighted by molar-refractivity contribution is 4.97. The van der Waals surface area contributed by atoms with Gasteiger partial charge in [0.25, 0.3) is 0 Å². The summed E-state index contributed by atoms with van der Waals surface area (Å²) in [6.07, 6.45) is 0. The molecule has 1 atom stereocenters. The lowest BCUT2D eigenvalue weighted by Crippen LogP contribution is -2.52. The smallest absolute Gasteiger partial charge is 0.147 e. The van der Waals surface area contributed by atoms with Crippen LogP contribution in [0.15, 0.2) is 0 Å². The summed E-state index contributed by atoms with van der Waals surface area (Å²) in [6, 6.07) is 2.04. The van der Waals surface area contributed by atoms with E-state index in [1.807, 2.05) is 6.92 Å². The average Bonchev–Trinajstić information content (AvgIpc) is 2.88. The van der Waals surface area contributed by atoms with Gasteiger partial charge in [-0.25, -0.2) is 0 Å². The van der Waals surface area contributed by atoms with Gasteiger partial charge >= 0.3 is 0 Å². The summed E-state index contributed by atoms with van der Waals surface area (Å²) in [5.41, 5.74) is 0. The second kappa shape index (κ2) is 8.41. The number of nitrogens with zero attached hydrogens (tertiary/aromatic N) is 6. The molecule has 3 rings (SSSR count). The Bertz CT molecular complexity index is 510. The molecule has 0 saturated carbocycles. The van der Waals surface area contributed by atoms with Gasteiger partial charge in [0, 0.05) is 50.8 Å². The van der Waals surface area contributed by atoms with Crippen molar-refractivity contribution >= 4 is 0 Å². The van der Waals surface area contributed by atoms with Crippen molar-refractivity contribution in [3.8, 4) is 0 Å². The molecule has 0 spiro atoms. The van der Waals surface area contributed by atoms with Crippen LogP contribution in [0.3, 0.4) is 0 Å². The molecular formula is C18H36N6. The normalized spacial score (nSPS) is 23.3. The number of hydrogen-bond donors (Lipinski definition) is 0. The van der Waals surface area contributed by atoms with Gasteiger partial charge in [-0.2, -0.15) is 0 Å². The first-order valence-corrected chi connectivity index (χ1v) is 9.36. The van der Waals surface area contributed by atoms with Crippen molar-refractivity contribution in [2.75, 3.05) is 33.2 Å². The van der Waals surface area contributed by atoms with Gasteiger partial charge in [0.15, 0.2) is 0 Å². The van der Waals surface area contributed by atoms with Crippen LogP contribution in [0.5, 0.6) is 0 Å². The Hall–Kier alpha value is -0.980. The molecular weight excluding hydrogens is 300 g/mol. The number of hydrogen-bond acceptors (Lipinski definition) is 5. The molecule has 0 amide bonds. The number of aryl methyl sites for hydroxylation is 1. The number of rotatable bonds is 2. The molecule has 0 radical (unpaired) electrons. The summed E-state index contributed by atoms with van der Waals surface area (Å²) in [5.74, 6) is 2.15. The van der Waals surface area contributed by atoms with Gasteiger partial charge in [-0.1, -0.05) is 0 Å². The van der Waals surface area contributed by atoms with Crippen molar-refractivity contribution in [3.63, 3.8) is 0 Å². The maximum Gasteiger partial charge on any atom is 0.147 e. The third-order valence-corrected chi connectivity index (χ3v) is 5.24. The molecule has 1 unspecified atom stereocenters. The first-order chi connectivity index (χ1) is 11.3. The highest BCUT2D eigenvalue weighted by atomic mass is 15.3. The Labute approximate surface area is 147 Å². The molecule has 6 heteroatoms. The van der Waals surface area contributed by atoms with E-state index in [1.54, 1.807) is 0 Å². The lowest BCUT2D eigenvalue weighted by Gasteiger charge is -2.40. The zero-order valence-corrected chi connectivity index (χ0v) is 16.7. The van der Waals surface area contributed by atoms with E-state index in [4.69, 9.17) is 0 Å². The molecule has 1 fully saturated rings. The lowest BCUT2D eigenvalue weighted by atomic mass is 10.1. The molecule has 0 N–H and O–H groups in total. The lowest BCUT2D eigenvalue weighted by molar-refractivity contribution is 0.0741. The minimum Gasteiger partial charge on any atom is -0.313 e. The van der Waals surface area contributed by atoms with Crippen molar-refractivity contribution in [1.82, 2.24) is 29.5 Å². The summed E-state index contributed by atoms with van der Waals surface area (Å²) < 4.78 is 2.21. The minimum absolute atomic E-state index is 0.603. The molecule has 0 bridgehead atoms. The molecule has 1 aromatic rings. The van der Waals surface area contributed by atoms with E-state index in [0.717, 1.165) is 37.3 Å². The number of piperazine rings is 1. The van der Waals surface area contributed by atoms with Crippen LogP contribution in [0.4, 0.5) is 0 Å². The SMILES string of the molecule is CC(C)N1CCN(C)CC1C.Cc1nnc2n1CCN(C(C)C)C2. The van der Waals surface area contributed by atoms with E-state index >= 15 is 0 Å². The van der Waals surface area contributed by atoms with Gasteiger partial charge in [-0.15, -0.1) is 10.2 Å². The zero-order chi connectivity index (χ0) is 17.9. The van der Waals surface area contributed by atoms with Crippen molar-refractivity contribution in [1.29, 1.82) is 0 Å². The Kier molecular flexibility index (Phi) is 6.78. The van der Waals surface area contributed by atoms with Crippen LogP contribution >= 0.6 is 0 Å². The van der Waals surface area contributed by atoms with Crippen molar-refractivity contribution in [2.45, 2.75) is 72.8 Å². The molecule has 1 aromatic heterocycles. The quantitative estimate of drug-likeness (QED) is 0.824. The third kappa shape index (κ3) is 4.77. The molecule has 0 aromatic carbocycles. The number of aromatic nitrogens is 3. The maximum absolute atomic E-state index is 4.16. The highest BCUT2D eigenvalue weighted by Crippen LogP contribution is 2.13. The molecule has 24 heavy (non-hydrogen) atoms. The van der Waals surface area contributed by atoms with Crippen molar-refractivity contribution in [2.24, 2.45) is 0 Å². The van der Waals surface area contributed by atoms with E-state index in [-0.39, 0.29) is 0 Å². The largest absolute Gasteiger partial charge is 0.313 e.